The van der Waals surface area contributed by atoms with Crippen molar-refractivity contribution in [2.75, 3.05) is 7.05 Å². The van der Waals surface area contributed by atoms with E-state index in [0.29, 0.717) is 6.61 Å². The molecule has 0 saturated carbocycles. The van der Waals surface area contributed by atoms with E-state index in [1.165, 1.54) is 0 Å². The van der Waals surface area contributed by atoms with Gasteiger partial charge in [-0.2, -0.15) is 0 Å². The third-order valence-corrected chi connectivity index (χ3v) is 3.64. The number of hydrogen-bond acceptors (Lipinski definition) is 3. The van der Waals surface area contributed by atoms with Crippen LogP contribution in [0.1, 0.15) is 24.4 Å². The summed E-state index contributed by atoms with van der Waals surface area (Å²) >= 11 is 3.50. The van der Waals surface area contributed by atoms with Crippen LogP contribution in [-0.4, -0.2) is 16.6 Å². The van der Waals surface area contributed by atoms with E-state index < -0.39 is 0 Å². The number of hydrogen-bond donors (Lipinski definition) is 1. The summed E-state index contributed by atoms with van der Waals surface area (Å²) < 4.78 is 8.90. The first-order valence-corrected chi connectivity index (χ1v) is 6.97. The predicted octanol–water partition coefficient (Wildman–Crippen LogP) is 3.04. The number of rotatable bonds is 5. The molecule has 0 radical (unpaired) electrons. The molecule has 2 rings (SSSR count). The zero-order chi connectivity index (χ0) is 13.8. The second-order valence-corrected chi connectivity index (χ2v) is 5.35. The van der Waals surface area contributed by atoms with Gasteiger partial charge in [-0.05, 0) is 32.2 Å². The van der Waals surface area contributed by atoms with Gasteiger partial charge in [0.1, 0.15) is 18.2 Å². The Bertz CT molecular complexity index is 553. The highest BCUT2D eigenvalue weighted by atomic mass is 79.9. The van der Waals surface area contributed by atoms with Crippen LogP contribution in [0.25, 0.3) is 0 Å². The zero-order valence-electron chi connectivity index (χ0n) is 11.4. The van der Waals surface area contributed by atoms with Crippen molar-refractivity contribution in [1.82, 2.24) is 14.9 Å². The lowest BCUT2D eigenvalue weighted by molar-refractivity contribution is 0.286. The topological polar surface area (TPSA) is 39.1 Å². The quantitative estimate of drug-likeness (QED) is 0.919. The number of nitrogens with one attached hydrogen (secondary N) is 1. The highest BCUT2D eigenvalue weighted by Crippen LogP contribution is 2.28. The monoisotopic (exact) mass is 323 g/mol. The molecule has 1 N–H and O–H groups in total. The number of halogens is 1. The molecule has 19 heavy (non-hydrogen) atoms. The first-order valence-electron chi connectivity index (χ1n) is 6.17. The summed E-state index contributed by atoms with van der Waals surface area (Å²) in [5.74, 6) is 1.79. The lowest BCUT2D eigenvalue weighted by Gasteiger charge is -2.17. The van der Waals surface area contributed by atoms with E-state index in [0.717, 1.165) is 21.6 Å². The minimum atomic E-state index is 0.230. The molecule has 0 aliphatic carbocycles. The van der Waals surface area contributed by atoms with E-state index in [4.69, 9.17) is 4.74 Å². The second kappa shape index (κ2) is 6.21. The Labute approximate surface area is 121 Å². The van der Waals surface area contributed by atoms with Gasteiger partial charge in [-0.15, -0.1) is 0 Å². The van der Waals surface area contributed by atoms with Crippen molar-refractivity contribution in [3.8, 4) is 5.75 Å². The van der Waals surface area contributed by atoms with Crippen LogP contribution >= 0.6 is 15.9 Å². The molecule has 5 heteroatoms. The van der Waals surface area contributed by atoms with Gasteiger partial charge >= 0.3 is 0 Å². The highest BCUT2D eigenvalue weighted by molar-refractivity contribution is 9.10. The molecule has 0 fully saturated rings. The summed E-state index contributed by atoms with van der Waals surface area (Å²) in [6, 6.07) is 6.28. The van der Waals surface area contributed by atoms with Gasteiger partial charge in [0, 0.05) is 35.5 Å². The van der Waals surface area contributed by atoms with Gasteiger partial charge in [-0.25, -0.2) is 4.98 Å². The molecule has 0 amide bonds. The summed E-state index contributed by atoms with van der Waals surface area (Å²) in [5, 5.41) is 3.23. The van der Waals surface area contributed by atoms with Gasteiger partial charge in [-0.3, -0.25) is 0 Å². The smallest absolute Gasteiger partial charge is 0.146 e. The van der Waals surface area contributed by atoms with Gasteiger partial charge in [0.15, 0.2) is 0 Å². The van der Waals surface area contributed by atoms with Crippen LogP contribution in [0.15, 0.2) is 35.1 Å². The van der Waals surface area contributed by atoms with Crippen LogP contribution in [0.3, 0.4) is 0 Å². The zero-order valence-corrected chi connectivity index (χ0v) is 12.9. The highest BCUT2D eigenvalue weighted by Gasteiger charge is 2.11. The average molecular weight is 324 g/mol. The largest absolute Gasteiger partial charge is 0.485 e. The summed E-state index contributed by atoms with van der Waals surface area (Å²) in [6.45, 7) is 2.57. The molecular formula is C14H18BrN3O. The summed E-state index contributed by atoms with van der Waals surface area (Å²) in [6.07, 6.45) is 3.69. The molecule has 1 heterocycles. The molecule has 0 spiro atoms. The minimum Gasteiger partial charge on any atom is -0.485 e. The van der Waals surface area contributed by atoms with Crippen molar-refractivity contribution in [2.24, 2.45) is 7.05 Å². The molecule has 0 aliphatic heterocycles. The molecule has 1 atom stereocenters. The molecule has 1 aromatic heterocycles. The van der Waals surface area contributed by atoms with Crippen molar-refractivity contribution >= 4 is 15.9 Å². The third-order valence-electron chi connectivity index (χ3n) is 3.15. The Balaban J connectivity index is 2.18. The first-order chi connectivity index (χ1) is 9.11. The Morgan fingerprint density at radius 1 is 1.47 bits per heavy atom. The number of aromatic nitrogens is 2. The van der Waals surface area contributed by atoms with Crippen LogP contribution in [0.2, 0.25) is 0 Å². The molecule has 2 aromatic rings. The van der Waals surface area contributed by atoms with Gasteiger partial charge in [-0.1, -0.05) is 15.9 Å². The molecule has 1 unspecified atom stereocenters. The van der Waals surface area contributed by atoms with E-state index >= 15 is 0 Å². The van der Waals surface area contributed by atoms with E-state index in [9.17, 15) is 0 Å². The molecule has 0 aliphatic rings. The average Bonchev–Trinajstić information content (AvgIpc) is 2.82. The lowest BCUT2D eigenvalue weighted by atomic mass is 10.1. The Morgan fingerprint density at radius 2 is 2.26 bits per heavy atom. The van der Waals surface area contributed by atoms with Crippen molar-refractivity contribution < 1.29 is 4.74 Å². The number of aryl methyl sites for hydroxylation is 1. The van der Waals surface area contributed by atoms with Crippen LogP contribution in [0.4, 0.5) is 0 Å². The van der Waals surface area contributed by atoms with E-state index in [1.54, 1.807) is 6.20 Å². The third kappa shape index (κ3) is 3.36. The number of imidazole rings is 1. The summed E-state index contributed by atoms with van der Waals surface area (Å²) in [4.78, 5) is 4.26. The molecule has 0 bridgehead atoms. The maximum absolute atomic E-state index is 5.90. The Morgan fingerprint density at radius 3 is 2.89 bits per heavy atom. The fraction of sp³-hybridized carbons (Fsp3) is 0.357. The van der Waals surface area contributed by atoms with Crippen molar-refractivity contribution in [1.29, 1.82) is 0 Å². The molecule has 4 nitrogen and oxygen atoms in total. The Hall–Kier alpha value is -1.33. The van der Waals surface area contributed by atoms with Gasteiger partial charge in [0.05, 0.1) is 0 Å². The van der Waals surface area contributed by atoms with Crippen molar-refractivity contribution in [3.63, 3.8) is 0 Å². The maximum atomic E-state index is 5.90. The summed E-state index contributed by atoms with van der Waals surface area (Å²) in [7, 11) is 3.90. The van der Waals surface area contributed by atoms with Gasteiger partial charge in [0.2, 0.25) is 0 Å². The number of ether oxygens (including phenoxy) is 1. The fourth-order valence-electron chi connectivity index (χ4n) is 1.82. The predicted molar refractivity (Wildman–Crippen MR) is 79.2 cm³/mol. The fourth-order valence-corrected chi connectivity index (χ4v) is 2.20. The van der Waals surface area contributed by atoms with Crippen LogP contribution in [0.5, 0.6) is 5.75 Å². The maximum Gasteiger partial charge on any atom is 0.146 e. The number of nitrogens with zero attached hydrogens (tertiary/aromatic N) is 2. The van der Waals surface area contributed by atoms with E-state index in [2.05, 4.69) is 39.2 Å². The minimum absolute atomic E-state index is 0.230. The van der Waals surface area contributed by atoms with Crippen LogP contribution in [0, 0.1) is 0 Å². The van der Waals surface area contributed by atoms with Gasteiger partial charge < -0.3 is 14.6 Å². The molecule has 102 valence electrons. The van der Waals surface area contributed by atoms with E-state index in [1.807, 2.05) is 37.0 Å². The second-order valence-electron chi connectivity index (χ2n) is 4.44. The van der Waals surface area contributed by atoms with Crippen LogP contribution in [-0.2, 0) is 13.7 Å². The van der Waals surface area contributed by atoms with Crippen molar-refractivity contribution in [2.45, 2.75) is 19.6 Å². The molecule has 1 aromatic carbocycles. The summed E-state index contributed by atoms with van der Waals surface area (Å²) in [5.41, 5.74) is 1.13. The molecule has 0 saturated heterocycles. The molecular weight excluding hydrogens is 306 g/mol. The van der Waals surface area contributed by atoms with Gasteiger partial charge in [0.25, 0.3) is 0 Å². The normalized spacial score (nSPS) is 12.4. The van der Waals surface area contributed by atoms with Crippen LogP contribution < -0.4 is 10.1 Å². The Kier molecular flexibility index (Phi) is 4.61. The standard InChI is InChI=1S/C14H18BrN3O/c1-10(16-2)12-8-11(15)4-5-13(12)19-9-14-17-6-7-18(14)3/h4-8,10,16H,9H2,1-3H3. The first kappa shape index (κ1) is 14.1. The number of benzene rings is 1. The SMILES string of the molecule is CNC(C)c1cc(Br)ccc1OCc1nccn1C. The van der Waals surface area contributed by atoms with E-state index in [-0.39, 0.29) is 6.04 Å². The lowest BCUT2D eigenvalue weighted by Crippen LogP contribution is -2.14. The van der Waals surface area contributed by atoms with Crippen molar-refractivity contribution in [3.05, 3.63) is 46.5 Å².